The Bertz CT molecular complexity index is 98.2. The second-order valence-corrected chi connectivity index (χ2v) is 1.29. The summed E-state index contributed by atoms with van der Waals surface area (Å²) in [7, 11) is 0. The smallest absolute Gasteiger partial charge is 0.870 e. The largest absolute Gasteiger partial charge is 1.00 e. The molecule has 0 spiro atoms. The zero-order valence-corrected chi connectivity index (χ0v) is 7.57. The molecule has 0 aliphatic rings. The van der Waals surface area contributed by atoms with Crippen molar-refractivity contribution in [2.24, 2.45) is 0 Å². The molecule has 0 amide bonds. The predicted molar refractivity (Wildman–Crippen MR) is 26.4 cm³/mol. The van der Waals surface area contributed by atoms with Crippen LogP contribution in [0, 0.1) is 0 Å². The number of carboxylic acid groups (broad SMARTS) is 2. The molecule has 0 aromatic rings. The van der Waals surface area contributed by atoms with Gasteiger partial charge in [-0.2, -0.15) is 0 Å². The van der Waals surface area contributed by atoms with Gasteiger partial charge < -0.3 is 15.7 Å². The van der Waals surface area contributed by atoms with Crippen LogP contribution in [-0.4, -0.2) is 27.6 Å². The van der Waals surface area contributed by atoms with Crippen LogP contribution in [0.2, 0.25) is 0 Å². The normalized spacial score (nSPS) is 6.80. The fourth-order valence-electron chi connectivity index (χ4n) is 0.214. The molecule has 0 bridgehead atoms. The average Bonchev–Trinajstić information content (AvgIpc) is 1.61. The van der Waals surface area contributed by atoms with E-state index >= 15 is 0 Å². The minimum Gasteiger partial charge on any atom is -0.870 e. The van der Waals surface area contributed by atoms with Crippen molar-refractivity contribution in [3.8, 4) is 0 Å². The van der Waals surface area contributed by atoms with Crippen LogP contribution in [0.15, 0.2) is 0 Å². The maximum atomic E-state index is 9.64. The van der Waals surface area contributed by atoms with Gasteiger partial charge >= 0.3 is 41.5 Å². The third kappa shape index (κ3) is 15.7. The molecule has 0 rings (SSSR count). The van der Waals surface area contributed by atoms with Gasteiger partial charge in [-0.05, 0) is 0 Å². The van der Waals surface area contributed by atoms with E-state index in [9.17, 15) is 9.59 Å². The van der Waals surface area contributed by atoms with Crippen LogP contribution >= 0.6 is 0 Å². The second kappa shape index (κ2) is 8.90. The van der Waals surface area contributed by atoms with Crippen molar-refractivity contribution in [3.05, 3.63) is 0 Å². The Balaban J connectivity index is -0.000000245. The summed E-state index contributed by atoms with van der Waals surface area (Å²) in [5.74, 6) is -2.15. The van der Waals surface area contributed by atoms with Crippen LogP contribution in [0.1, 0.15) is 12.8 Å². The zero-order valence-electron chi connectivity index (χ0n) is 5.57. The standard InChI is InChI=1S/C4H6O4.Na.H2O/c5-3(6)1-2-4(7)8;;/h1-2H2,(H,5,6)(H,7,8);;1H2/q;+1;/p-1. The van der Waals surface area contributed by atoms with Crippen LogP contribution in [0.5, 0.6) is 0 Å². The molecule has 10 heavy (non-hydrogen) atoms. The van der Waals surface area contributed by atoms with E-state index in [1.807, 2.05) is 0 Å². The Morgan fingerprint density at radius 3 is 1.30 bits per heavy atom. The monoisotopic (exact) mass is 158 g/mol. The Hall–Kier alpha value is -0.100. The predicted octanol–water partition coefficient (Wildman–Crippen LogP) is -3.24. The molecule has 0 atom stereocenters. The van der Waals surface area contributed by atoms with Crippen molar-refractivity contribution in [2.75, 3.05) is 0 Å². The van der Waals surface area contributed by atoms with E-state index < -0.39 is 11.9 Å². The molecule has 0 fully saturated rings. The van der Waals surface area contributed by atoms with E-state index in [1.165, 1.54) is 0 Å². The van der Waals surface area contributed by atoms with Crippen molar-refractivity contribution < 1.29 is 54.8 Å². The number of rotatable bonds is 3. The van der Waals surface area contributed by atoms with E-state index in [0.717, 1.165) is 0 Å². The van der Waals surface area contributed by atoms with Gasteiger partial charge in [0.05, 0.1) is 12.8 Å². The summed E-state index contributed by atoms with van der Waals surface area (Å²) < 4.78 is 0. The van der Waals surface area contributed by atoms with Crippen LogP contribution in [-0.2, 0) is 9.59 Å². The molecule has 3 N–H and O–H groups in total. The fraction of sp³-hybridized carbons (Fsp3) is 0.500. The maximum Gasteiger partial charge on any atom is 1.00 e. The van der Waals surface area contributed by atoms with Gasteiger partial charge in [-0.1, -0.05) is 0 Å². The molecule has 0 aliphatic heterocycles. The van der Waals surface area contributed by atoms with Gasteiger partial charge in [0.2, 0.25) is 0 Å². The van der Waals surface area contributed by atoms with Gasteiger partial charge in [0.25, 0.3) is 0 Å². The van der Waals surface area contributed by atoms with Gasteiger partial charge in [-0.3, -0.25) is 9.59 Å². The van der Waals surface area contributed by atoms with E-state index in [4.69, 9.17) is 10.2 Å². The molecule has 0 heterocycles. The van der Waals surface area contributed by atoms with Crippen LogP contribution in [0.4, 0.5) is 0 Å². The molecule has 0 aromatic carbocycles. The van der Waals surface area contributed by atoms with Crippen LogP contribution in [0.3, 0.4) is 0 Å². The Morgan fingerprint density at radius 1 is 1.00 bits per heavy atom. The molecule has 5 nitrogen and oxygen atoms in total. The quantitative estimate of drug-likeness (QED) is 0.420. The molecule has 6 heteroatoms. The van der Waals surface area contributed by atoms with Gasteiger partial charge in [0, 0.05) is 0 Å². The molecule has 0 aliphatic carbocycles. The molecule has 0 aromatic heterocycles. The van der Waals surface area contributed by atoms with E-state index in [-0.39, 0.29) is 47.9 Å². The minimum absolute atomic E-state index is 0. The average molecular weight is 158 g/mol. The van der Waals surface area contributed by atoms with E-state index in [2.05, 4.69) is 0 Å². The molecule has 54 valence electrons. The SMILES string of the molecule is O=C(O)CCC(=O)O.[Na+].[OH-]. The summed E-state index contributed by atoms with van der Waals surface area (Å²) in [5.41, 5.74) is 0. The number of carboxylic acids is 2. The third-order valence-corrected chi connectivity index (χ3v) is 0.553. The maximum absolute atomic E-state index is 9.64. The Morgan fingerprint density at radius 2 is 1.20 bits per heavy atom. The molecule has 0 radical (unpaired) electrons. The first-order chi connectivity index (χ1) is 3.63. The number of carbonyl (C=O) groups is 2. The fourth-order valence-corrected chi connectivity index (χ4v) is 0.214. The van der Waals surface area contributed by atoms with Gasteiger partial charge in [-0.15, -0.1) is 0 Å². The van der Waals surface area contributed by atoms with E-state index in [0.29, 0.717) is 0 Å². The van der Waals surface area contributed by atoms with E-state index in [1.54, 1.807) is 0 Å². The van der Waals surface area contributed by atoms with Gasteiger partial charge in [0.1, 0.15) is 0 Å². The molecule has 0 unspecified atom stereocenters. The Kier molecular flexibility index (Phi) is 14.7. The van der Waals surface area contributed by atoms with Gasteiger partial charge in [-0.25, -0.2) is 0 Å². The van der Waals surface area contributed by atoms with Crippen LogP contribution in [0.25, 0.3) is 0 Å². The van der Waals surface area contributed by atoms with Crippen molar-refractivity contribution in [1.82, 2.24) is 0 Å². The summed E-state index contributed by atoms with van der Waals surface area (Å²) in [5, 5.41) is 15.8. The van der Waals surface area contributed by atoms with Crippen molar-refractivity contribution in [2.45, 2.75) is 12.8 Å². The summed E-state index contributed by atoms with van der Waals surface area (Å²) in [6, 6.07) is 0. The third-order valence-electron chi connectivity index (χ3n) is 0.553. The Labute approximate surface area is 79.6 Å². The van der Waals surface area contributed by atoms with Gasteiger partial charge in [0.15, 0.2) is 0 Å². The second-order valence-electron chi connectivity index (χ2n) is 1.29. The van der Waals surface area contributed by atoms with Crippen molar-refractivity contribution in [3.63, 3.8) is 0 Å². The summed E-state index contributed by atoms with van der Waals surface area (Å²) in [6.07, 6.45) is -0.593. The minimum atomic E-state index is -1.08. The molecule has 0 saturated heterocycles. The summed E-state index contributed by atoms with van der Waals surface area (Å²) >= 11 is 0. The number of hydrogen-bond donors (Lipinski definition) is 2. The van der Waals surface area contributed by atoms with Crippen LogP contribution < -0.4 is 29.6 Å². The molecular formula is C4H7NaO5. The number of aliphatic carboxylic acids is 2. The first kappa shape index (κ1) is 16.5. The number of hydrogen-bond acceptors (Lipinski definition) is 3. The zero-order chi connectivity index (χ0) is 6.57. The first-order valence-corrected chi connectivity index (χ1v) is 2.06. The summed E-state index contributed by atoms with van der Waals surface area (Å²) in [4.78, 5) is 19.3. The summed E-state index contributed by atoms with van der Waals surface area (Å²) in [6.45, 7) is 0. The molecular weight excluding hydrogens is 151 g/mol. The first-order valence-electron chi connectivity index (χ1n) is 2.06. The molecule has 0 saturated carbocycles. The van der Waals surface area contributed by atoms with Crippen molar-refractivity contribution >= 4 is 11.9 Å². The van der Waals surface area contributed by atoms with Crippen molar-refractivity contribution in [1.29, 1.82) is 0 Å². The topological polar surface area (TPSA) is 105 Å².